The normalized spacial score (nSPS) is 21.6. The number of rotatable bonds is 1. The molecule has 4 nitrogen and oxygen atoms in total. The molecule has 5 heteroatoms. The van der Waals surface area contributed by atoms with E-state index in [1.54, 1.807) is 23.2 Å². The molecule has 2 N–H and O–H groups in total. The number of aromatic nitrogens is 1. The summed E-state index contributed by atoms with van der Waals surface area (Å²) in [6.07, 6.45) is 2.09. The molecular formula is C9H10BrN3O. The van der Waals surface area contributed by atoms with Crippen molar-refractivity contribution in [3.8, 4) is 0 Å². The molecule has 0 bridgehead atoms. The van der Waals surface area contributed by atoms with Gasteiger partial charge in [0, 0.05) is 17.8 Å². The number of nitrogen functional groups attached to an aromatic ring is 1. The Bertz CT molecular complexity index is 352. The third-order valence-corrected chi connectivity index (χ3v) is 2.74. The molecule has 0 aromatic carbocycles. The summed E-state index contributed by atoms with van der Waals surface area (Å²) in [5, 5.41) is 0. The third-order valence-electron chi connectivity index (χ3n) is 2.13. The van der Waals surface area contributed by atoms with Crippen molar-refractivity contribution in [2.24, 2.45) is 0 Å². The zero-order valence-electron chi connectivity index (χ0n) is 7.48. The minimum atomic E-state index is 0.101. The molecule has 74 valence electrons. The van der Waals surface area contributed by atoms with E-state index < -0.39 is 0 Å². The second kappa shape index (κ2) is 3.57. The Morgan fingerprint density at radius 2 is 2.36 bits per heavy atom. The van der Waals surface area contributed by atoms with Crippen LogP contribution in [0.4, 0.5) is 11.5 Å². The molecule has 0 spiro atoms. The zero-order valence-corrected chi connectivity index (χ0v) is 9.07. The Balaban J connectivity index is 2.23. The van der Waals surface area contributed by atoms with E-state index >= 15 is 0 Å². The molecule has 1 atom stereocenters. The van der Waals surface area contributed by atoms with Crippen LogP contribution < -0.4 is 10.6 Å². The number of carbonyl (C=O) groups is 1. The van der Waals surface area contributed by atoms with Crippen LogP contribution in [0.3, 0.4) is 0 Å². The van der Waals surface area contributed by atoms with Gasteiger partial charge < -0.3 is 5.73 Å². The molecule has 0 aliphatic carbocycles. The number of nitrogens with two attached hydrogens (primary N) is 1. The van der Waals surface area contributed by atoms with Gasteiger partial charge in [-0.25, -0.2) is 4.98 Å². The van der Waals surface area contributed by atoms with Crippen molar-refractivity contribution < 1.29 is 4.79 Å². The van der Waals surface area contributed by atoms with Gasteiger partial charge in [0.15, 0.2) is 0 Å². The molecule has 1 fully saturated rings. The number of nitrogens with zero attached hydrogens (tertiary/aromatic N) is 2. The largest absolute Gasteiger partial charge is 0.397 e. The van der Waals surface area contributed by atoms with Crippen LogP contribution in [-0.2, 0) is 4.79 Å². The number of hydrogen-bond donors (Lipinski definition) is 1. The lowest BCUT2D eigenvalue weighted by Gasteiger charge is -2.14. The molecule has 2 heterocycles. The first-order valence-corrected chi connectivity index (χ1v) is 5.24. The van der Waals surface area contributed by atoms with Gasteiger partial charge in [-0.15, -0.1) is 0 Å². The Morgan fingerprint density at radius 3 is 2.86 bits per heavy atom. The molecule has 1 amide bonds. The Labute approximate surface area is 90.2 Å². The van der Waals surface area contributed by atoms with Crippen LogP contribution in [0.1, 0.15) is 6.42 Å². The van der Waals surface area contributed by atoms with Crippen molar-refractivity contribution >= 4 is 33.3 Å². The van der Waals surface area contributed by atoms with Gasteiger partial charge in [0.25, 0.3) is 0 Å². The van der Waals surface area contributed by atoms with Gasteiger partial charge in [-0.1, -0.05) is 15.9 Å². The number of anilines is 2. The predicted molar refractivity (Wildman–Crippen MR) is 58.3 cm³/mol. The first kappa shape index (κ1) is 9.45. The Morgan fingerprint density at radius 1 is 1.57 bits per heavy atom. The predicted octanol–water partition coefficient (Wildman–Crippen LogP) is 1.16. The van der Waals surface area contributed by atoms with Crippen molar-refractivity contribution in [1.29, 1.82) is 0 Å². The minimum absolute atomic E-state index is 0.101. The highest BCUT2D eigenvalue weighted by molar-refractivity contribution is 9.09. The first-order valence-electron chi connectivity index (χ1n) is 4.33. The van der Waals surface area contributed by atoms with E-state index in [1.807, 2.05) is 0 Å². The summed E-state index contributed by atoms with van der Waals surface area (Å²) >= 11 is 3.42. The number of hydrogen-bond acceptors (Lipinski definition) is 3. The lowest BCUT2D eigenvalue weighted by atomic mass is 10.4. The summed E-state index contributed by atoms with van der Waals surface area (Å²) in [5.74, 6) is 0.773. The van der Waals surface area contributed by atoms with Gasteiger partial charge in [-0.3, -0.25) is 9.69 Å². The van der Waals surface area contributed by atoms with Crippen LogP contribution in [0, 0.1) is 0 Å². The SMILES string of the molecule is Nc1ccc(N2CC(Br)CC2=O)nc1. The molecule has 1 aromatic rings. The van der Waals surface area contributed by atoms with Crippen molar-refractivity contribution in [2.45, 2.75) is 11.2 Å². The van der Waals surface area contributed by atoms with Crippen molar-refractivity contribution in [2.75, 3.05) is 17.2 Å². The average molecular weight is 256 g/mol. The fourth-order valence-electron chi connectivity index (χ4n) is 1.44. The van der Waals surface area contributed by atoms with Crippen LogP contribution in [0.5, 0.6) is 0 Å². The standard InChI is InChI=1S/C9H10BrN3O/c10-6-3-9(14)13(5-6)8-2-1-7(11)4-12-8/h1-2,4,6H,3,5,11H2. The van der Waals surface area contributed by atoms with Gasteiger partial charge in [-0.05, 0) is 12.1 Å². The highest BCUT2D eigenvalue weighted by Gasteiger charge is 2.29. The summed E-state index contributed by atoms with van der Waals surface area (Å²) in [6, 6.07) is 3.51. The molecule has 1 aliphatic rings. The molecule has 1 aliphatic heterocycles. The Kier molecular flexibility index (Phi) is 2.41. The fourth-order valence-corrected chi connectivity index (χ4v) is 2.01. The van der Waals surface area contributed by atoms with Crippen molar-refractivity contribution in [3.63, 3.8) is 0 Å². The maximum atomic E-state index is 11.5. The summed E-state index contributed by atoms with van der Waals surface area (Å²) in [4.78, 5) is 17.5. The molecule has 2 rings (SSSR count). The van der Waals surface area contributed by atoms with Crippen LogP contribution in [0.25, 0.3) is 0 Å². The van der Waals surface area contributed by atoms with Crippen LogP contribution in [0.15, 0.2) is 18.3 Å². The van der Waals surface area contributed by atoms with E-state index in [2.05, 4.69) is 20.9 Å². The number of alkyl halides is 1. The van der Waals surface area contributed by atoms with Gasteiger partial charge in [0.1, 0.15) is 5.82 Å². The molecule has 1 aromatic heterocycles. The second-order valence-electron chi connectivity index (χ2n) is 3.26. The number of carbonyl (C=O) groups excluding carboxylic acids is 1. The number of pyridine rings is 1. The monoisotopic (exact) mass is 255 g/mol. The van der Waals surface area contributed by atoms with Crippen LogP contribution in [-0.4, -0.2) is 22.3 Å². The molecule has 0 radical (unpaired) electrons. The molecular weight excluding hydrogens is 246 g/mol. The lowest BCUT2D eigenvalue weighted by Crippen LogP contribution is -2.25. The summed E-state index contributed by atoms with van der Waals surface area (Å²) in [7, 11) is 0. The third kappa shape index (κ3) is 1.72. The van der Waals surface area contributed by atoms with Gasteiger partial charge >= 0.3 is 0 Å². The van der Waals surface area contributed by atoms with Crippen LogP contribution in [0.2, 0.25) is 0 Å². The second-order valence-corrected chi connectivity index (χ2v) is 4.55. The van der Waals surface area contributed by atoms with Crippen molar-refractivity contribution in [3.05, 3.63) is 18.3 Å². The average Bonchev–Trinajstić information content (AvgIpc) is 2.47. The molecule has 0 saturated carbocycles. The molecule has 1 unspecified atom stereocenters. The highest BCUT2D eigenvalue weighted by Crippen LogP contribution is 2.23. The van der Waals surface area contributed by atoms with Gasteiger partial charge in [-0.2, -0.15) is 0 Å². The highest BCUT2D eigenvalue weighted by atomic mass is 79.9. The minimum Gasteiger partial charge on any atom is -0.397 e. The lowest BCUT2D eigenvalue weighted by molar-refractivity contribution is -0.117. The summed E-state index contributed by atoms with van der Waals surface area (Å²) < 4.78 is 0. The van der Waals surface area contributed by atoms with Gasteiger partial charge in [0.05, 0.1) is 11.9 Å². The zero-order chi connectivity index (χ0) is 10.1. The van der Waals surface area contributed by atoms with E-state index in [4.69, 9.17) is 5.73 Å². The quantitative estimate of drug-likeness (QED) is 0.767. The summed E-state index contributed by atoms with van der Waals surface area (Å²) in [5.41, 5.74) is 6.12. The summed E-state index contributed by atoms with van der Waals surface area (Å²) in [6.45, 7) is 0.676. The van der Waals surface area contributed by atoms with E-state index in [1.165, 1.54) is 0 Å². The molecule has 14 heavy (non-hydrogen) atoms. The van der Waals surface area contributed by atoms with Crippen molar-refractivity contribution in [1.82, 2.24) is 4.98 Å². The van der Waals surface area contributed by atoms with E-state index in [9.17, 15) is 4.79 Å². The fraction of sp³-hybridized carbons (Fsp3) is 0.333. The Hall–Kier alpha value is -1.10. The van der Waals surface area contributed by atoms with Crippen LogP contribution >= 0.6 is 15.9 Å². The number of halogens is 1. The van der Waals surface area contributed by atoms with Gasteiger partial charge in [0.2, 0.25) is 5.91 Å². The smallest absolute Gasteiger partial charge is 0.229 e. The first-order chi connectivity index (χ1) is 6.66. The van der Waals surface area contributed by atoms with E-state index in [0.717, 1.165) is 0 Å². The maximum Gasteiger partial charge on any atom is 0.229 e. The topological polar surface area (TPSA) is 59.2 Å². The van der Waals surface area contributed by atoms with E-state index in [0.29, 0.717) is 24.5 Å². The molecule has 1 saturated heterocycles. The maximum absolute atomic E-state index is 11.5. The van der Waals surface area contributed by atoms with E-state index in [-0.39, 0.29) is 10.7 Å². The number of amides is 1.